The van der Waals surface area contributed by atoms with Crippen molar-refractivity contribution < 1.29 is 4.79 Å². The Bertz CT molecular complexity index is 257. The predicted octanol–water partition coefficient (Wildman–Crippen LogP) is 0.324. The van der Waals surface area contributed by atoms with E-state index in [9.17, 15) is 4.79 Å². The van der Waals surface area contributed by atoms with Crippen LogP contribution in [0.3, 0.4) is 0 Å². The van der Waals surface area contributed by atoms with Crippen LogP contribution in [-0.2, 0) is 4.79 Å². The topological polar surface area (TPSA) is 58.4 Å². The van der Waals surface area contributed by atoms with Gasteiger partial charge in [0.05, 0.1) is 6.04 Å². The number of rotatable bonds is 3. The minimum Gasteiger partial charge on any atom is -0.368 e. The Balaban J connectivity index is 2.07. The summed E-state index contributed by atoms with van der Waals surface area (Å²) in [5.74, 6) is 0.543. The van der Waals surface area contributed by atoms with Crippen molar-refractivity contribution in [2.24, 2.45) is 11.7 Å². The number of carbonyl (C=O) groups is 1. The SMILES string of the molecule is CCC1CNCC1N1CCCCC1C(N)=O. The molecule has 3 atom stereocenters. The number of carbonyl (C=O) groups excluding carboxylic acids is 1. The lowest BCUT2D eigenvalue weighted by Gasteiger charge is -2.40. The van der Waals surface area contributed by atoms with E-state index in [0.717, 1.165) is 32.5 Å². The van der Waals surface area contributed by atoms with Gasteiger partial charge in [-0.3, -0.25) is 9.69 Å². The van der Waals surface area contributed by atoms with Gasteiger partial charge in [0.15, 0.2) is 0 Å². The van der Waals surface area contributed by atoms with Gasteiger partial charge in [-0.15, -0.1) is 0 Å². The summed E-state index contributed by atoms with van der Waals surface area (Å²) >= 11 is 0. The maximum Gasteiger partial charge on any atom is 0.234 e. The molecule has 2 heterocycles. The quantitative estimate of drug-likeness (QED) is 0.727. The van der Waals surface area contributed by atoms with Gasteiger partial charge in [0, 0.05) is 12.6 Å². The van der Waals surface area contributed by atoms with Crippen molar-refractivity contribution >= 4 is 5.91 Å². The molecule has 3 unspecified atom stereocenters. The maximum absolute atomic E-state index is 11.5. The first-order chi connectivity index (χ1) is 7.74. The van der Waals surface area contributed by atoms with Crippen molar-refractivity contribution in [3.05, 3.63) is 0 Å². The van der Waals surface area contributed by atoms with Crippen LogP contribution in [0, 0.1) is 5.92 Å². The molecule has 2 fully saturated rings. The van der Waals surface area contributed by atoms with Gasteiger partial charge in [-0.1, -0.05) is 19.8 Å². The highest BCUT2D eigenvalue weighted by Gasteiger charge is 2.37. The van der Waals surface area contributed by atoms with E-state index in [0.29, 0.717) is 12.0 Å². The second-order valence-corrected chi connectivity index (χ2v) is 5.05. The van der Waals surface area contributed by atoms with E-state index in [-0.39, 0.29) is 11.9 Å². The summed E-state index contributed by atoms with van der Waals surface area (Å²) in [5, 5.41) is 3.44. The van der Waals surface area contributed by atoms with Crippen molar-refractivity contribution in [1.82, 2.24) is 10.2 Å². The summed E-state index contributed by atoms with van der Waals surface area (Å²) in [4.78, 5) is 13.8. The Morgan fingerprint density at radius 2 is 2.25 bits per heavy atom. The molecule has 16 heavy (non-hydrogen) atoms. The number of hydrogen-bond acceptors (Lipinski definition) is 3. The van der Waals surface area contributed by atoms with Crippen LogP contribution >= 0.6 is 0 Å². The predicted molar refractivity (Wildman–Crippen MR) is 64.0 cm³/mol. The zero-order valence-corrected chi connectivity index (χ0v) is 10.1. The van der Waals surface area contributed by atoms with Crippen LogP contribution < -0.4 is 11.1 Å². The molecule has 0 saturated carbocycles. The minimum absolute atomic E-state index is 0.0206. The standard InChI is InChI=1S/C12H23N3O/c1-2-9-7-14-8-11(9)15-6-4-3-5-10(15)12(13)16/h9-11,14H,2-8H2,1H3,(H2,13,16). The Morgan fingerprint density at radius 1 is 1.44 bits per heavy atom. The average Bonchev–Trinajstić information content (AvgIpc) is 2.76. The summed E-state index contributed by atoms with van der Waals surface area (Å²) in [6, 6.07) is 0.496. The highest BCUT2D eigenvalue weighted by molar-refractivity contribution is 5.80. The van der Waals surface area contributed by atoms with E-state index in [1.165, 1.54) is 12.8 Å². The first-order valence-electron chi connectivity index (χ1n) is 6.49. The third kappa shape index (κ3) is 2.23. The monoisotopic (exact) mass is 225 g/mol. The van der Waals surface area contributed by atoms with Crippen molar-refractivity contribution in [3.63, 3.8) is 0 Å². The summed E-state index contributed by atoms with van der Waals surface area (Å²) in [6.07, 6.45) is 4.47. The van der Waals surface area contributed by atoms with Gasteiger partial charge in [-0.2, -0.15) is 0 Å². The summed E-state index contributed by atoms with van der Waals surface area (Å²) in [5.41, 5.74) is 5.51. The van der Waals surface area contributed by atoms with Crippen LogP contribution in [0.15, 0.2) is 0 Å². The summed E-state index contributed by atoms with van der Waals surface area (Å²) < 4.78 is 0. The second-order valence-electron chi connectivity index (χ2n) is 5.05. The Hall–Kier alpha value is -0.610. The van der Waals surface area contributed by atoms with Crippen LogP contribution in [0.25, 0.3) is 0 Å². The minimum atomic E-state index is -0.138. The molecule has 0 aromatic heterocycles. The second kappa shape index (κ2) is 5.15. The van der Waals surface area contributed by atoms with E-state index in [2.05, 4.69) is 17.1 Å². The van der Waals surface area contributed by atoms with Gasteiger partial charge in [-0.25, -0.2) is 0 Å². The van der Waals surface area contributed by atoms with Crippen molar-refractivity contribution in [1.29, 1.82) is 0 Å². The molecule has 0 aromatic rings. The Morgan fingerprint density at radius 3 is 2.94 bits per heavy atom. The fraction of sp³-hybridized carbons (Fsp3) is 0.917. The molecule has 0 spiro atoms. The molecular weight excluding hydrogens is 202 g/mol. The third-order valence-corrected chi connectivity index (χ3v) is 4.13. The fourth-order valence-corrected chi connectivity index (χ4v) is 3.18. The molecule has 0 radical (unpaired) electrons. The van der Waals surface area contributed by atoms with E-state index in [1.807, 2.05) is 0 Å². The van der Waals surface area contributed by atoms with Gasteiger partial charge >= 0.3 is 0 Å². The van der Waals surface area contributed by atoms with E-state index < -0.39 is 0 Å². The highest BCUT2D eigenvalue weighted by Crippen LogP contribution is 2.26. The zero-order chi connectivity index (χ0) is 11.5. The number of amides is 1. The van der Waals surface area contributed by atoms with Crippen molar-refractivity contribution in [2.45, 2.75) is 44.7 Å². The van der Waals surface area contributed by atoms with E-state index in [4.69, 9.17) is 5.73 Å². The van der Waals surface area contributed by atoms with Gasteiger partial charge in [0.1, 0.15) is 0 Å². The first-order valence-corrected chi connectivity index (χ1v) is 6.49. The Kier molecular flexibility index (Phi) is 3.82. The number of nitrogens with two attached hydrogens (primary N) is 1. The summed E-state index contributed by atoms with van der Waals surface area (Å²) in [6.45, 7) is 5.37. The summed E-state index contributed by atoms with van der Waals surface area (Å²) in [7, 11) is 0. The number of likely N-dealkylation sites (tertiary alicyclic amines) is 1. The van der Waals surface area contributed by atoms with E-state index >= 15 is 0 Å². The van der Waals surface area contributed by atoms with E-state index in [1.54, 1.807) is 0 Å². The lowest BCUT2D eigenvalue weighted by molar-refractivity contribution is -0.125. The van der Waals surface area contributed by atoms with Gasteiger partial charge in [-0.05, 0) is 31.8 Å². The maximum atomic E-state index is 11.5. The molecule has 2 aliphatic rings. The molecule has 3 N–H and O–H groups in total. The molecule has 4 heteroatoms. The molecule has 4 nitrogen and oxygen atoms in total. The van der Waals surface area contributed by atoms with Crippen LogP contribution in [0.1, 0.15) is 32.6 Å². The number of primary amides is 1. The first kappa shape index (κ1) is 11.9. The Labute approximate surface area is 97.6 Å². The lowest BCUT2D eigenvalue weighted by atomic mass is 9.93. The molecule has 92 valence electrons. The number of nitrogens with zero attached hydrogens (tertiary/aromatic N) is 1. The molecule has 1 amide bonds. The van der Waals surface area contributed by atoms with Crippen LogP contribution in [0.2, 0.25) is 0 Å². The van der Waals surface area contributed by atoms with Crippen molar-refractivity contribution in [2.75, 3.05) is 19.6 Å². The van der Waals surface area contributed by atoms with Gasteiger partial charge in [0.25, 0.3) is 0 Å². The van der Waals surface area contributed by atoms with Gasteiger partial charge < -0.3 is 11.1 Å². The molecular formula is C12H23N3O. The molecule has 0 aromatic carbocycles. The highest BCUT2D eigenvalue weighted by atomic mass is 16.1. The number of nitrogens with one attached hydrogen (secondary N) is 1. The van der Waals surface area contributed by atoms with Gasteiger partial charge in [0.2, 0.25) is 5.91 Å². The zero-order valence-electron chi connectivity index (χ0n) is 10.1. The van der Waals surface area contributed by atoms with Crippen molar-refractivity contribution in [3.8, 4) is 0 Å². The smallest absolute Gasteiger partial charge is 0.234 e. The molecule has 0 aliphatic carbocycles. The molecule has 0 bridgehead atoms. The normalized spacial score (nSPS) is 36.4. The van der Waals surface area contributed by atoms with Crippen LogP contribution in [-0.4, -0.2) is 42.5 Å². The van der Waals surface area contributed by atoms with Crippen LogP contribution in [0.4, 0.5) is 0 Å². The molecule has 2 rings (SSSR count). The molecule has 2 aliphatic heterocycles. The van der Waals surface area contributed by atoms with Crippen LogP contribution in [0.5, 0.6) is 0 Å². The number of hydrogen-bond donors (Lipinski definition) is 2. The number of piperidine rings is 1. The lowest BCUT2D eigenvalue weighted by Crippen LogP contribution is -2.54. The third-order valence-electron chi connectivity index (χ3n) is 4.13. The fourth-order valence-electron chi connectivity index (χ4n) is 3.18. The average molecular weight is 225 g/mol. The largest absolute Gasteiger partial charge is 0.368 e. The molecule has 2 saturated heterocycles.